The van der Waals surface area contributed by atoms with E-state index < -0.39 is 0 Å². The molecule has 1 aromatic rings. The molecule has 0 N–H and O–H groups in total. The Morgan fingerprint density at radius 3 is 2.57 bits per heavy atom. The van der Waals surface area contributed by atoms with E-state index in [0.717, 1.165) is 30.1 Å². The summed E-state index contributed by atoms with van der Waals surface area (Å²) in [4.78, 5) is 16.6. The van der Waals surface area contributed by atoms with Crippen LogP contribution in [0.4, 0.5) is 0 Å². The number of benzene rings is 1. The summed E-state index contributed by atoms with van der Waals surface area (Å²) in [6.45, 7) is 5.55. The van der Waals surface area contributed by atoms with E-state index in [1.807, 2.05) is 18.2 Å². The van der Waals surface area contributed by atoms with E-state index in [1.165, 1.54) is 38.6 Å². The van der Waals surface area contributed by atoms with Crippen molar-refractivity contribution in [1.29, 1.82) is 0 Å². The van der Waals surface area contributed by atoms with Gasteiger partial charge in [-0.15, -0.1) is 0 Å². The van der Waals surface area contributed by atoms with Gasteiger partial charge >= 0.3 is 5.97 Å². The number of ether oxygens (including phenoxy) is 1. The van der Waals surface area contributed by atoms with E-state index in [-0.39, 0.29) is 5.97 Å². The highest BCUT2D eigenvalue weighted by atomic mass is 79.9. The first-order valence-electron chi connectivity index (χ1n) is 7.50. The molecule has 0 atom stereocenters. The van der Waals surface area contributed by atoms with Gasteiger partial charge in [0.1, 0.15) is 0 Å². The Morgan fingerprint density at radius 2 is 2.00 bits per heavy atom. The van der Waals surface area contributed by atoms with Crippen molar-refractivity contribution in [3.8, 4) is 0 Å². The summed E-state index contributed by atoms with van der Waals surface area (Å²) in [5.41, 5.74) is 1.81. The zero-order chi connectivity index (χ0) is 14.8. The fraction of sp³-hybridized carbons (Fsp3) is 0.562. The molecule has 1 aromatic carbocycles. The highest BCUT2D eigenvalue weighted by molar-refractivity contribution is 9.10. The molecule has 0 radical (unpaired) electrons. The molecule has 0 bridgehead atoms. The Hall–Kier alpha value is -0.910. The molecule has 0 spiro atoms. The summed E-state index contributed by atoms with van der Waals surface area (Å²) in [5, 5.41) is 0. The molecule has 2 fully saturated rings. The Balaban J connectivity index is 1.58. The molecule has 0 aromatic heterocycles. The number of hydrogen-bond acceptors (Lipinski definition) is 4. The molecular formula is C16H21BrN2O2. The fourth-order valence-corrected chi connectivity index (χ4v) is 3.39. The van der Waals surface area contributed by atoms with Gasteiger partial charge in [-0.25, -0.2) is 4.79 Å². The molecule has 3 rings (SSSR count). The molecule has 1 aliphatic carbocycles. The van der Waals surface area contributed by atoms with Gasteiger partial charge < -0.3 is 4.74 Å². The van der Waals surface area contributed by atoms with Gasteiger partial charge in [0, 0.05) is 43.2 Å². The van der Waals surface area contributed by atoms with Crippen LogP contribution in [0.5, 0.6) is 0 Å². The minimum Gasteiger partial charge on any atom is -0.465 e. The number of rotatable bonds is 4. The van der Waals surface area contributed by atoms with Crippen LogP contribution in [0.15, 0.2) is 22.7 Å². The van der Waals surface area contributed by atoms with Gasteiger partial charge in [-0.1, -0.05) is 22.0 Å². The number of hydrogen-bond donors (Lipinski definition) is 0. The molecule has 0 amide bonds. The van der Waals surface area contributed by atoms with Gasteiger partial charge in [0.15, 0.2) is 0 Å². The zero-order valence-electron chi connectivity index (χ0n) is 12.3. The van der Waals surface area contributed by atoms with Crippen LogP contribution in [0.25, 0.3) is 0 Å². The highest BCUT2D eigenvalue weighted by Crippen LogP contribution is 2.28. The summed E-state index contributed by atoms with van der Waals surface area (Å²) >= 11 is 3.57. The predicted octanol–water partition coefficient (Wildman–Crippen LogP) is 2.52. The largest absolute Gasteiger partial charge is 0.465 e. The van der Waals surface area contributed by atoms with Crippen molar-refractivity contribution in [3.63, 3.8) is 0 Å². The average Bonchev–Trinajstić information content (AvgIpc) is 3.34. The lowest BCUT2D eigenvalue weighted by Gasteiger charge is -2.35. The summed E-state index contributed by atoms with van der Waals surface area (Å²) in [6.07, 6.45) is 2.78. The van der Waals surface area contributed by atoms with Crippen LogP contribution in [0.2, 0.25) is 0 Å². The Morgan fingerprint density at radius 1 is 1.29 bits per heavy atom. The van der Waals surface area contributed by atoms with Crippen molar-refractivity contribution in [2.75, 3.05) is 33.3 Å². The third kappa shape index (κ3) is 3.65. The molecular weight excluding hydrogens is 332 g/mol. The minimum absolute atomic E-state index is 0.291. The number of methoxy groups -OCH3 is 1. The third-order valence-corrected chi connectivity index (χ3v) is 5.08. The molecule has 114 valence electrons. The minimum atomic E-state index is -0.291. The van der Waals surface area contributed by atoms with Gasteiger partial charge in [0.25, 0.3) is 0 Å². The molecule has 1 heterocycles. The van der Waals surface area contributed by atoms with Crippen LogP contribution in [0.1, 0.15) is 28.8 Å². The molecule has 1 aliphatic heterocycles. The SMILES string of the molecule is COC(=O)c1ccc(CN2CCN(C3CC3)CC2)c(Br)c1. The van der Waals surface area contributed by atoms with Crippen LogP contribution in [0, 0.1) is 0 Å². The number of esters is 1. The van der Waals surface area contributed by atoms with Gasteiger partial charge in [-0.3, -0.25) is 9.80 Å². The number of carbonyl (C=O) groups is 1. The molecule has 21 heavy (non-hydrogen) atoms. The van der Waals surface area contributed by atoms with E-state index in [0.29, 0.717) is 5.56 Å². The molecule has 2 aliphatic rings. The molecule has 4 nitrogen and oxygen atoms in total. The Bertz CT molecular complexity index is 523. The van der Waals surface area contributed by atoms with Gasteiger partial charge in [-0.05, 0) is 30.5 Å². The van der Waals surface area contributed by atoms with Crippen LogP contribution in [-0.2, 0) is 11.3 Å². The summed E-state index contributed by atoms with van der Waals surface area (Å²) in [7, 11) is 1.41. The normalized spacial score (nSPS) is 20.5. The van der Waals surface area contributed by atoms with E-state index in [4.69, 9.17) is 4.74 Å². The van der Waals surface area contributed by atoms with Crippen molar-refractivity contribution in [2.45, 2.75) is 25.4 Å². The van der Waals surface area contributed by atoms with Crippen LogP contribution >= 0.6 is 15.9 Å². The summed E-state index contributed by atoms with van der Waals surface area (Å²) in [6, 6.07) is 6.58. The zero-order valence-corrected chi connectivity index (χ0v) is 13.9. The quantitative estimate of drug-likeness (QED) is 0.779. The Labute approximate surface area is 134 Å². The topological polar surface area (TPSA) is 32.8 Å². The van der Waals surface area contributed by atoms with Crippen LogP contribution in [0.3, 0.4) is 0 Å². The van der Waals surface area contributed by atoms with E-state index >= 15 is 0 Å². The molecule has 5 heteroatoms. The van der Waals surface area contributed by atoms with Crippen molar-refractivity contribution in [1.82, 2.24) is 9.80 Å². The number of piperazine rings is 1. The maximum Gasteiger partial charge on any atom is 0.337 e. The first-order chi connectivity index (χ1) is 10.2. The van der Waals surface area contributed by atoms with Crippen molar-refractivity contribution in [2.24, 2.45) is 0 Å². The maximum atomic E-state index is 11.5. The van der Waals surface area contributed by atoms with Gasteiger partial charge in [0.05, 0.1) is 12.7 Å². The molecule has 0 unspecified atom stereocenters. The van der Waals surface area contributed by atoms with Crippen LogP contribution < -0.4 is 0 Å². The van der Waals surface area contributed by atoms with Crippen LogP contribution in [-0.4, -0.2) is 55.1 Å². The van der Waals surface area contributed by atoms with E-state index in [2.05, 4.69) is 25.7 Å². The first-order valence-corrected chi connectivity index (χ1v) is 8.30. The smallest absolute Gasteiger partial charge is 0.337 e. The number of nitrogens with zero attached hydrogens (tertiary/aromatic N) is 2. The lowest BCUT2D eigenvalue weighted by atomic mass is 10.1. The van der Waals surface area contributed by atoms with Crippen molar-refractivity contribution in [3.05, 3.63) is 33.8 Å². The lowest BCUT2D eigenvalue weighted by Crippen LogP contribution is -2.46. The lowest BCUT2D eigenvalue weighted by molar-refractivity contribution is 0.0600. The second kappa shape index (κ2) is 6.46. The Kier molecular flexibility index (Phi) is 4.62. The van der Waals surface area contributed by atoms with E-state index in [9.17, 15) is 4.79 Å². The van der Waals surface area contributed by atoms with E-state index in [1.54, 1.807) is 0 Å². The van der Waals surface area contributed by atoms with Gasteiger partial charge in [-0.2, -0.15) is 0 Å². The molecule has 1 saturated heterocycles. The molecule has 1 saturated carbocycles. The average molecular weight is 353 g/mol. The first kappa shape index (κ1) is 15.0. The third-order valence-electron chi connectivity index (χ3n) is 4.34. The summed E-state index contributed by atoms with van der Waals surface area (Å²) < 4.78 is 5.73. The predicted molar refractivity (Wildman–Crippen MR) is 85.4 cm³/mol. The maximum absolute atomic E-state index is 11.5. The standard InChI is InChI=1S/C16H21BrN2O2/c1-21-16(20)12-2-3-13(15(17)10-12)11-18-6-8-19(9-7-18)14-4-5-14/h2-3,10,14H,4-9,11H2,1H3. The van der Waals surface area contributed by atoms with Crippen molar-refractivity contribution >= 4 is 21.9 Å². The second-order valence-corrected chi connectivity index (χ2v) is 6.70. The number of carbonyl (C=O) groups excluding carboxylic acids is 1. The van der Waals surface area contributed by atoms with Gasteiger partial charge in [0.2, 0.25) is 0 Å². The van der Waals surface area contributed by atoms with Crippen molar-refractivity contribution < 1.29 is 9.53 Å². The highest BCUT2D eigenvalue weighted by Gasteiger charge is 2.31. The summed E-state index contributed by atoms with van der Waals surface area (Å²) in [5.74, 6) is -0.291. The number of halogens is 1. The fourth-order valence-electron chi connectivity index (χ4n) is 2.89. The monoisotopic (exact) mass is 352 g/mol. The second-order valence-electron chi connectivity index (χ2n) is 5.84.